The first-order valence-corrected chi connectivity index (χ1v) is 9.18. The zero-order valence-electron chi connectivity index (χ0n) is 15.0. The fourth-order valence-corrected chi connectivity index (χ4v) is 3.22. The Hall–Kier alpha value is -2.89. The molecule has 1 aliphatic rings. The zero-order chi connectivity index (χ0) is 19.1. The van der Waals surface area contributed by atoms with Crippen LogP contribution in [0.3, 0.4) is 0 Å². The van der Waals surface area contributed by atoms with E-state index in [2.05, 4.69) is 10.6 Å². The Balaban J connectivity index is 1.56. The number of hydrogen-bond donors (Lipinski definition) is 2. The summed E-state index contributed by atoms with van der Waals surface area (Å²) in [4.78, 5) is 24.5. The molecule has 0 saturated heterocycles. The van der Waals surface area contributed by atoms with Crippen molar-refractivity contribution in [1.82, 2.24) is 5.32 Å². The smallest absolute Gasteiger partial charge is 0.262 e. The first-order valence-electron chi connectivity index (χ1n) is 9.18. The number of halogens is 1. The second kappa shape index (κ2) is 9.16. The van der Waals surface area contributed by atoms with E-state index in [0.29, 0.717) is 23.8 Å². The molecule has 1 aliphatic carbocycles. The number of carbonyl (C=O) groups is 2. The van der Waals surface area contributed by atoms with Gasteiger partial charge in [0.2, 0.25) is 0 Å². The first-order chi connectivity index (χ1) is 13.1. The Morgan fingerprint density at radius 3 is 2.52 bits per heavy atom. The Labute approximate surface area is 157 Å². The Morgan fingerprint density at radius 1 is 1.04 bits per heavy atom. The number of anilines is 1. The number of hydrogen-bond acceptors (Lipinski definition) is 3. The average Bonchev–Trinajstić information content (AvgIpc) is 3.20. The third-order valence-electron chi connectivity index (χ3n) is 4.66. The summed E-state index contributed by atoms with van der Waals surface area (Å²) in [5.74, 6) is -0.371. The number of ether oxygens (including phenoxy) is 1. The summed E-state index contributed by atoms with van der Waals surface area (Å²) in [7, 11) is 0. The molecule has 6 heteroatoms. The molecule has 27 heavy (non-hydrogen) atoms. The van der Waals surface area contributed by atoms with Gasteiger partial charge in [-0.05, 0) is 43.0 Å². The minimum absolute atomic E-state index is 0.0914. The summed E-state index contributed by atoms with van der Waals surface area (Å²) in [6.45, 7) is 0.336. The van der Waals surface area contributed by atoms with Crippen LogP contribution < -0.4 is 15.4 Å². The normalized spacial score (nSPS) is 14.0. The van der Waals surface area contributed by atoms with Crippen molar-refractivity contribution in [2.45, 2.75) is 25.7 Å². The molecule has 0 aliphatic heterocycles. The molecule has 2 aromatic carbocycles. The van der Waals surface area contributed by atoms with Crippen molar-refractivity contribution in [1.29, 1.82) is 0 Å². The molecule has 3 rings (SSSR count). The molecule has 1 fully saturated rings. The van der Waals surface area contributed by atoms with Gasteiger partial charge < -0.3 is 15.4 Å². The molecule has 0 heterocycles. The lowest BCUT2D eigenvalue weighted by Gasteiger charge is -2.14. The molecular weight excluding hydrogens is 347 g/mol. The van der Waals surface area contributed by atoms with Gasteiger partial charge in [0.05, 0.1) is 11.3 Å². The summed E-state index contributed by atoms with van der Waals surface area (Å²) in [5, 5.41) is 5.40. The molecule has 2 aromatic rings. The molecule has 2 N–H and O–H groups in total. The van der Waals surface area contributed by atoms with E-state index in [1.54, 1.807) is 36.4 Å². The average molecular weight is 370 g/mol. The van der Waals surface area contributed by atoms with Gasteiger partial charge in [-0.15, -0.1) is 0 Å². The van der Waals surface area contributed by atoms with Crippen molar-refractivity contribution >= 4 is 17.5 Å². The van der Waals surface area contributed by atoms with Crippen LogP contribution in [0.2, 0.25) is 0 Å². The van der Waals surface area contributed by atoms with Gasteiger partial charge in [-0.2, -0.15) is 0 Å². The van der Waals surface area contributed by atoms with Crippen LogP contribution in [0.4, 0.5) is 10.1 Å². The number of nitrogens with one attached hydrogen (secondary N) is 2. The first kappa shape index (κ1) is 18.9. The lowest BCUT2D eigenvalue weighted by atomic mass is 10.1. The fourth-order valence-electron chi connectivity index (χ4n) is 3.22. The molecule has 0 atom stereocenters. The Bertz CT molecular complexity index is 804. The van der Waals surface area contributed by atoms with Crippen molar-refractivity contribution in [2.24, 2.45) is 5.92 Å². The summed E-state index contributed by atoms with van der Waals surface area (Å²) in [5.41, 5.74) is 0.475. The molecule has 5 nitrogen and oxygen atoms in total. The molecule has 0 unspecified atom stereocenters. The predicted molar refractivity (Wildman–Crippen MR) is 101 cm³/mol. The van der Waals surface area contributed by atoms with E-state index >= 15 is 0 Å². The monoisotopic (exact) mass is 370 g/mol. The van der Waals surface area contributed by atoms with Crippen LogP contribution in [-0.2, 0) is 4.79 Å². The number of amides is 2. The number of benzene rings is 2. The van der Waals surface area contributed by atoms with Crippen LogP contribution in [-0.4, -0.2) is 25.0 Å². The standard InChI is InChI=1S/C21H23FN2O3/c22-17-10-4-5-11-18(17)24-20(25)14-27-19-12-6-3-9-16(19)21(26)23-13-15-7-1-2-8-15/h3-6,9-12,15H,1-2,7-8,13-14H2,(H,23,26)(H,24,25). The number of carbonyl (C=O) groups excluding carboxylic acids is 2. The maximum Gasteiger partial charge on any atom is 0.262 e. The third kappa shape index (κ3) is 5.29. The molecular formula is C21H23FN2O3. The molecule has 0 spiro atoms. The lowest BCUT2D eigenvalue weighted by molar-refractivity contribution is -0.118. The molecule has 0 radical (unpaired) electrons. The van der Waals surface area contributed by atoms with Crippen molar-refractivity contribution in [3.8, 4) is 5.75 Å². The van der Waals surface area contributed by atoms with E-state index in [9.17, 15) is 14.0 Å². The topological polar surface area (TPSA) is 67.4 Å². The summed E-state index contributed by atoms with van der Waals surface area (Å²) in [6.07, 6.45) is 4.73. The third-order valence-corrected chi connectivity index (χ3v) is 4.66. The van der Waals surface area contributed by atoms with Gasteiger partial charge in [0, 0.05) is 6.54 Å². The molecule has 142 valence electrons. The second-order valence-electron chi connectivity index (χ2n) is 6.67. The fraction of sp³-hybridized carbons (Fsp3) is 0.333. The maximum absolute atomic E-state index is 13.6. The molecule has 0 aromatic heterocycles. The highest BCUT2D eigenvalue weighted by atomic mass is 19.1. The van der Waals surface area contributed by atoms with E-state index in [0.717, 1.165) is 12.8 Å². The molecule has 0 bridgehead atoms. The maximum atomic E-state index is 13.6. The second-order valence-corrected chi connectivity index (χ2v) is 6.67. The van der Waals surface area contributed by atoms with Gasteiger partial charge in [-0.1, -0.05) is 37.1 Å². The summed E-state index contributed by atoms with van der Waals surface area (Å²) >= 11 is 0. The van der Waals surface area contributed by atoms with Crippen molar-refractivity contribution in [3.05, 3.63) is 59.9 Å². The van der Waals surface area contributed by atoms with Crippen LogP contribution in [0.1, 0.15) is 36.0 Å². The quantitative estimate of drug-likeness (QED) is 0.780. The van der Waals surface area contributed by atoms with Gasteiger partial charge >= 0.3 is 0 Å². The van der Waals surface area contributed by atoms with Gasteiger partial charge in [0.15, 0.2) is 6.61 Å². The summed E-state index contributed by atoms with van der Waals surface area (Å²) < 4.78 is 19.1. The van der Waals surface area contributed by atoms with E-state index in [4.69, 9.17) is 4.74 Å². The van der Waals surface area contributed by atoms with Crippen molar-refractivity contribution < 1.29 is 18.7 Å². The van der Waals surface area contributed by atoms with Crippen molar-refractivity contribution in [2.75, 3.05) is 18.5 Å². The molecule has 2 amide bonds. The van der Waals surface area contributed by atoms with E-state index < -0.39 is 11.7 Å². The highest BCUT2D eigenvalue weighted by molar-refractivity contribution is 5.97. The van der Waals surface area contributed by atoms with E-state index in [-0.39, 0.29) is 18.2 Å². The minimum atomic E-state index is -0.516. The van der Waals surface area contributed by atoms with Crippen LogP contribution in [0.25, 0.3) is 0 Å². The van der Waals surface area contributed by atoms with Crippen molar-refractivity contribution in [3.63, 3.8) is 0 Å². The Morgan fingerprint density at radius 2 is 1.74 bits per heavy atom. The number of rotatable bonds is 7. The minimum Gasteiger partial charge on any atom is -0.483 e. The van der Waals surface area contributed by atoms with Gasteiger partial charge in [0.1, 0.15) is 11.6 Å². The highest BCUT2D eigenvalue weighted by Crippen LogP contribution is 2.24. The highest BCUT2D eigenvalue weighted by Gasteiger charge is 2.18. The van der Waals surface area contributed by atoms with Crippen LogP contribution in [0.5, 0.6) is 5.75 Å². The zero-order valence-corrected chi connectivity index (χ0v) is 15.0. The van der Waals surface area contributed by atoms with Gasteiger partial charge in [-0.3, -0.25) is 9.59 Å². The predicted octanol–water partition coefficient (Wildman–Crippen LogP) is 3.76. The van der Waals surface area contributed by atoms with Crippen LogP contribution in [0, 0.1) is 11.7 Å². The van der Waals surface area contributed by atoms with Crippen LogP contribution in [0.15, 0.2) is 48.5 Å². The summed E-state index contributed by atoms with van der Waals surface area (Å²) in [6, 6.07) is 12.7. The van der Waals surface area contributed by atoms with Gasteiger partial charge in [-0.25, -0.2) is 4.39 Å². The van der Waals surface area contributed by atoms with E-state index in [1.807, 2.05) is 0 Å². The molecule has 1 saturated carbocycles. The Kier molecular flexibility index (Phi) is 6.41. The van der Waals surface area contributed by atoms with Gasteiger partial charge in [0.25, 0.3) is 11.8 Å². The SMILES string of the molecule is O=C(COc1ccccc1C(=O)NCC1CCCC1)Nc1ccccc1F. The van der Waals surface area contributed by atoms with E-state index in [1.165, 1.54) is 25.0 Å². The number of para-hydroxylation sites is 2. The lowest BCUT2D eigenvalue weighted by Crippen LogP contribution is -2.29. The van der Waals surface area contributed by atoms with Crippen LogP contribution >= 0.6 is 0 Å². The largest absolute Gasteiger partial charge is 0.483 e.